The SMILES string of the molecule is CS(=O)(=O)c1ccccc1-c1ccc2ncc(C(=O)Nc3cccnc3)n2n1. The summed E-state index contributed by atoms with van der Waals surface area (Å²) in [5, 5.41) is 7.19. The number of nitrogens with zero attached hydrogens (tertiary/aromatic N) is 4. The molecule has 0 aliphatic heterocycles. The number of hydrogen-bond donors (Lipinski definition) is 1. The molecule has 0 spiro atoms. The number of carbonyl (C=O) groups is 1. The highest BCUT2D eigenvalue weighted by Crippen LogP contribution is 2.26. The van der Waals surface area contributed by atoms with Crippen molar-refractivity contribution in [3.63, 3.8) is 0 Å². The van der Waals surface area contributed by atoms with Gasteiger partial charge in [0.25, 0.3) is 5.91 Å². The van der Waals surface area contributed by atoms with Crippen LogP contribution in [0.1, 0.15) is 10.5 Å². The Bertz CT molecular complexity index is 1280. The number of fused-ring (bicyclic) bond motifs is 1. The van der Waals surface area contributed by atoms with Crippen molar-refractivity contribution < 1.29 is 13.2 Å². The van der Waals surface area contributed by atoms with E-state index in [1.54, 1.807) is 48.7 Å². The Morgan fingerprint density at radius 3 is 2.61 bits per heavy atom. The van der Waals surface area contributed by atoms with Gasteiger partial charge in [-0.3, -0.25) is 9.78 Å². The van der Waals surface area contributed by atoms with Crippen LogP contribution in [0.25, 0.3) is 16.9 Å². The van der Waals surface area contributed by atoms with Gasteiger partial charge < -0.3 is 5.32 Å². The molecular weight excluding hydrogens is 378 g/mol. The maximum absolute atomic E-state index is 12.6. The predicted molar refractivity (Wildman–Crippen MR) is 104 cm³/mol. The molecule has 0 atom stereocenters. The first-order valence-electron chi connectivity index (χ1n) is 8.29. The molecule has 0 unspecified atom stereocenters. The van der Waals surface area contributed by atoms with E-state index in [-0.39, 0.29) is 10.6 Å². The number of imidazole rings is 1. The molecule has 3 heterocycles. The van der Waals surface area contributed by atoms with E-state index in [1.807, 2.05) is 0 Å². The number of rotatable bonds is 4. The van der Waals surface area contributed by atoms with Crippen LogP contribution in [0.15, 0.2) is 72.0 Å². The predicted octanol–water partition coefficient (Wildman–Crippen LogP) is 2.45. The Morgan fingerprint density at radius 1 is 1.04 bits per heavy atom. The lowest BCUT2D eigenvalue weighted by Crippen LogP contribution is -2.15. The van der Waals surface area contributed by atoms with Crippen molar-refractivity contribution in [3.8, 4) is 11.3 Å². The average Bonchev–Trinajstić information content (AvgIpc) is 3.11. The Morgan fingerprint density at radius 2 is 1.86 bits per heavy atom. The first kappa shape index (κ1) is 17.8. The van der Waals surface area contributed by atoms with Gasteiger partial charge in [-0.05, 0) is 30.3 Å². The summed E-state index contributed by atoms with van der Waals surface area (Å²) >= 11 is 0. The van der Waals surface area contributed by atoms with Gasteiger partial charge in [0, 0.05) is 18.0 Å². The molecule has 3 aromatic heterocycles. The molecule has 0 radical (unpaired) electrons. The molecule has 1 aromatic carbocycles. The molecule has 4 aromatic rings. The van der Waals surface area contributed by atoms with Gasteiger partial charge >= 0.3 is 0 Å². The fourth-order valence-corrected chi connectivity index (χ4v) is 3.70. The fraction of sp³-hybridized carbons (Fsp3) is 0.0526. The van der Waals surface area contributed by atoms with E-state index in [9.17, 15) is 13.2 Å². The lowest BCUT2D eigenvalue weighted by molar-refractivity contribution is 0.102. The number of carbonyl (C=O) groups excluding carboxylic acids is 1. The Labute approximate surface area is 160 Å². The molecule has 8 nitrogen and oxygen atoms in total. The molecule has 1 N–H and O–H groups in total. The first-order valence-corrected chi connectivity index (χ1v) is 10.2. The van der Waals surface area contributed by atoms with Gasteiger partial charge in [0.15, 0.2) is 21.2 Å². The normalized spacial score (nSPS) is 11.5. The van der Waals surface area contributed by atoms with Crippen molar-refractivity contribution in [1.82, 2.24) is 19.6 Å². The van der Waals surface area contributed by atoms with E-state index in [0.29, 0.717) is 22.6 Å². The lowest BCUT2D eigenvalue weighted by atomic mass is 10.1. The standard InChI is InChI=1S/C19H15N5O3S/c1-28(26,27)17-7-3-2-6-14(17)15-8-9-18-21-12-16(24(18)23-15)19(25)22-13-5-4-10-20-11-13/h2-12H,1H3,(H,22,25). The summed E-state index contributed by atoms with van der Waals surface area (Å²) in [7, 11) is -3.44. The quantitative estimate of drug-likeness (QED) is 0.571. The van der Waals surface area contributed by atoms with Crippen LogP contribution in [-0.2, 0) is 9.84 Å². The molecule has 0 aliphatic rings. The highest BCUT2D eigenvalue weighted by molar-refractivity contribution is 7.90. The molecule has 0 saturated heterocycles. The Balaban J connectivity index is 1.79. The van der Waals surface area contributed by atoms with Crippen molar-refractivity contribution in [3.05, 3.63) is 72.8 Å². The van der Waals surface area contributed by atoms with Crippen LogP contribution < -0.4 is 5.32 Å². The topological polar surface area (TPSA) is 106 Å². The van der Waals surface area contributed by atoms with Gasteiger partial charge in [-0.1, -0.05) is 18.2 Å². The van der Waals surface area contributed by atoms with Crippen LogP contribution >= 0.6 is 0 Å². The second-order valence-electron chi connectivity index (χ2n) is 6.10. The van der Waals surface area contributed by atoms with Gasteiger partial charge in [-0.25, -0.2) is 17.9 Å². The zero-order valence-electron chi connectivity index (χ0n) is 14.8. The van der Waals surface area contributed by atoms with Crippen molar-refractivity contribution in [1.29, 1.82) is 0 Å². The number of pyridine rings is 1. The number of sulfone groups is 1. The minimum Gasteiger partial charge on any atom is -0.319 e. The van der Waals surface area contributed by atoms with Crippen molar-refractivity contribution in [2.45, 2.75) is 4.90 Å². The molecular formula is C19H15N5O3S. The van der Waals surface area contributed by atoms with Crippen LogP contribution in [0.4, 0.5) is 5.69 Å². The molecule has 0 saturated carbocycles. The monoisotopic (exact) mass is 393 g/mol. The maximum atomic E-state index is 12.6. The second-order valence-corrected chi connectivity index (χ2v) is 8.08. The van der Waals surface area contributed by atoms with E-state index in [2.05, 4.69) is 20.4 Å². The highest BCUT2D eigenvalue weighted by atomic mass is 32.2. The number of benzene rings is 1. The van der Waals surface area contributed by atoms with Crippen molar-refractivity contribution in [2.24, 2.45) is 0 Å². The minimum absolute atomic E-state index is 0.170. The van der Waals surface area contributed by atoms with Gasteiger partial charge in [0.2, 0.25) is 0 Å². The van der Waals surface area contributed by atoms with Gasteiger partial charge in [0.1, 0.15) is 0 Å². The number of amides is 1. The summed E-state index contributed by atoms with van der Waals surface area (Å²) in [5.74, 6) is -0.401. The summed E-state index contributed by atoms with van der Waals surface area (Å²) in [5.41, 5.74) is 2.11. The first-order chi connectivity index (χ1) is 13.4. The zero-order chi connectivity index (χ0) is 19.7. The molecule has 1 amide bonds. The van der Waals surface area contributed by atoms with Gasteiger partial charge in [-0.2, -0.15) is 5.10 Å². The molecule has 140 valence electrons. The van der Waals surface area contributed by atoms with Gasteiger partial charge in [-0.15, -0.1) is 0 Å². The van der Waals surface area contributed by atoms with E-state index in [1.165, 1.54) is 23.0 Å². The fourth-order valence-electron chi connectivity index (χ4n) is 2.81. The number of hydrogen-bond acceptors (Lipinski definition) is 6. The smallest absolute Gasteiger partial charge is 0.276 e. The Kier molecular flexibility index (Phi) is 4.36. The zero-order valence-corrected chi connectivity index (χ0v) is 15.6. The highest BCUT2D eigenvalue weighted by Gasteiger charge is 2.18. The summed E-state index contributed by atoms with van der Waals surface area (Å²) < 4.78 is 25.6. The minimum atomic E-state index is -3.44. The lowest BCUT2D eigenvalue weighted by Gasteiger charge is -2.08. The number of nitrogens with one attached hydrogen (secondary N) is 1. The third-order valence-electron chi connectivity index (χ3n) is 4.08. The number of aromatic nitrogens is 4. The number of anilines is 1. The molecule has 0 fully saturated rings. The van der Waals surface area contributed by atoms with Crippen LogP contribution in [0.5, 0.6) is 0 Å². The summed E-state index contributed by atoms with van der Waals surface area (Å²) in [6.45, 7) is 0. The van der Waals surface area contributed by atoms with Gasteiger partial charge in [0.05, 0.1) is 28.7 Å². The summed E-state index contributed by atoms with van der Waals surface area (Å²) in [6, 6.07) is 13.4. The van der Waals surface area contributed by atoms with Crippen LogP contribution in [-0.4, -0.2) is 40.2 Å². The van der Waals surface area contributed by atoms with E-state index < -0.39 is 15.7 Å². The third kappa shape index (κ3) is 3.35. The van der Waals surface area contributed by atoms with Crippen molar-refractivity contribution >= 4 is 27.1 Å². The van der Waals surface area contributed by atoms with Crippen LogP contribution in [0.3, 0.4) is 0 Å². The molecule has 0 aliphatic carbocycles. The molecule has 28 heavy (non-hydrogen) atoms. The average molecular weight is 393 g/mol. The second kappa shape index (κ2) is 6.86. The molecule has 9 heteroatoms. The Hall–Kier alpha value is -3.59. The summed E-state index contributed by atoms with van der Waals surface area (Å²) in [6.07, 6.45) is 5.70. The third-order valence-corrected chi connectivity index (χ3v) is 5.23. The molecule has 4 rings (SSSR count). The molecule has 0 bridgehead atoms. The van der Waals surface area contributed by atoms with Crippen molar-refractivity contribution in [2.75, 3.05) is 11.6 Å². The largest absolute Gasteiger partial charge is 0.319 e. The maximum Gasteiger partial charge on any atom is 0.276 e. The van der Waals surface area contributed by atoms with E-state index in [4.69, 9.17) is 0 Å². The van der Waals surface area contributed by atoms with E-state index in [0.717, 1.165) is 6.26 Å². The summed E-state index contributed by atoms with van der Waals surface area (Å²) in [4.78, 5) is 20.9. The van der Waals surface area contributed by atoms with E-state index >= 15 is 0 Å². The van der Waals surface area contributed by atoms with Crippen LogP contribution in [0.2, 0.25) is 0 Å². The van der Waals surface area contributed by atoms with Crippen LogP contribution in [0, 0.1) is 0 Å².